The average molecular weight is 662 g/mol. The van der Waals surface area contributed by atoms with Gasteiger partial charge in [-0.2, -0.15) is 0 Å². The Morgan fingerprint density at radius 3 is 2.40 bits per heavy atom. The number of azide groups is 1. The fourth-order valence-corrected chi connectivity index (χ4v) is 4.90. The summed E-state index contributed by atoms with van der Waals surface area (Å²) in [5, 5.41) is 12.6. The van der Waals surface area contributed by atoms with Gasteiger partial charge >= 0.3 is 6.09 Å². The second kappa shape index (κ2) is 20.5. The standard InChI is InChI=1S/C33H43N9O6/c34-29(43)21-28(40-31(45)20-25-22-38-27-13-6-5-12-26(25)27)32(46)37-16-8-2-7-15-36-30(44)14-19-42(18-9-17-39-41-35)33(47)48-23-24-10-3-1-4-11-24/h1,3-6,10-13,22,28,38H,2,7-9,14-21,23H2,(H2,34,43)(H,36,44)(H,37,46)(H,40,45)/t28-/m0/s1. The second-order valence-electron chi connectivity index (χ2n) is 11.1. The molecule has 48 heavy (non-hydrogen) atoms. The largest absolute Gasteiger partial charge is 0.445 e. The number of rotatable bonds is 21. The molecule has 3 rings (SSSR count). The van der Waals surface area contributed by atoms with Crippen molar-refractivity contribution in [2.45, 2.75) is 57.6 Å². The quantitative estimate of drug-likeness (QED) is 0.0498. The number of carbonyl (C=O) groups excluding carboxylic acids is 5. The number of H-pyrrole nitrogens is 1. The van der Waals surface area contributed by atoms with E-state index in [-0.39, 0.29) is 51.4 Å². The van der Waals surface area contributed by atoms with Crippen molar-refractivity contribution >= 4 is 40.6 Å². The van der Waals surface area contributed by atoms with Crippen LogP contribution in [-0.4, -0.2) is 78.4 Å². The molecular weight excluding hydrogens is 618 g/mol. The number of nitrogens with zero attached hydrogens (tertiary/aromatic N) is 4. The van der Waals surface area contributed by atoms with Gasteiger partial charge in [0.1, 0.15) is 12.6 Å². The number of benzene rings is 2. The summed E-state index contributed by atoms with van der Waals surface area (Å²) in [5.74, 6) is -1.84. The lowest BCUT2D eigenvalue weighted by atomic mass is 10.1. The zero-order valence-electron chi connectivity index (χ0n) is 26.9. The van der Waals surface area contributed by atoms with E-state index in [1.165, 1.54) is 4.90 Å². The molecule has 0 aliphatic rings. The maximum absolute atomic E-state index is 12.7. The molecule has 0 aliphatic carbocycles. The smallest absolute Gasteiger partial charge is 0.410 e. The number of nitrogens with one attached hydrogen (secondary N) is 4. The Hall–Kier alpha value is -5.56. The van der Waals surface area contributed by atoms with E-state index in [1.54, 1.807) is 6.20 Å². The molecule has 2 aromatic carbocycles. The summed E-state index contributed by atoms with van der Waals surface area (Å²) in [4.78, 5) is 69.3. The monoisotopic (exact) mass is 661 g/mol. The minimum absolute atomic E-state index is 0.0338. The first-order valence-electron chi connectivity index (χ1n) is 15.9. The minimum atomic E-state index is -1.09. The van der Waals surface area contributed by atoms with Crippen molar-refractivity contribution in [2.24, 2.45) is 10.8 Å². The van der Waals surface area contributed by atoms with Crippen LogP contribution in [0.2, 0.25) is 0 Å². The fourth-order valence-electron chi connectivity index (χ4n) is 4.90. The number of aromatic amines is 1. The first kappa shape index (κ1) is 36.9. The number of amides is 5. The highest BCUT2D eigenvalue weighted by molar-refractivity contribution is 5.94. The number of hydrogen-bond acceptors (Lipinski definition) is 7. The van der Waals surface area contributed by atoms with Crippen LogP contribution >= 0.6 is 0 Å². The maximum atomic E-state index is 12.7. The molecule has 5 amide bonds. The third-order valence-corrected chi connectivity index (χ3v) is 7.38. The molecule has 15 heteroatoms. The van der Waals surface area contributed by atoms with E-state index in [0.717, 1.165) is 22.0 Å². The van der Waals surface area contributed by atoms with E-state index in [9.17, 15) is 24.0 Å². The zero-order chi connectivity index (χ0) is 34.6. The SMILES string of the molecule is [N-]=[N+]=NCCCN(CCC(=O)NCCCCCNC(=O)[C@H](CC(N)=O)NC(=O)Cc1c[nH]c2ccccc12)C(=O)OCc1ccccc1. The highest BCUT2D eigenvalue weighted by Gasteiger charge is 2.23. The van der Waals surface area contributed by atoms with Crippen molar-refractivity contribution in [3.05, 3.63) is 82.4 Å². The number of ether oxygens (including phenoxy) is 1. The average Bonchev–Trinajstić information content (AvgIpc) is 3.48. The van der Waals surface area contributed by atoms with Crippen molar-refractivity contribution < 1.29 is 28.7 Å². The molecule has 0 aliphatic heterocycles. The Morgan fingerprint density at radius 2 is 1.65 bits per heavy atom. The number of carbonyl (C=O) groups is 5. The summed E-state index contributed by atoms with van der Waals surface area (Å²) in [6.07, 6.45) is 3.37. The number of primary amides is 1. The third-order valence-electron chi connectivity index (χ3n) is 7.38. The van der Waals surface area contributed by atoms with Crippen molar-refractivity contribution in [1.29, 1.82) is 0 Å². The first-order chi connectivity index (χ1) is 23.3. The second-order valence-corrected chi connectivity index (χ2v) is 11.1. The Labute approximate surface area is 278 Å². The summed E-state index contributed by atoms with van der Waals surface area (Å²) in [7, 11) is 0. The molecule has 0 spiro atoms. The Morgan fingerprint density at radius 1 is 0.917 bits per heavy atom. The van der Waals surface area contributed by atoms with Crippen molar-refractivity contribution in [2.75, 3.05) is 32.7 Å². The van der Waals surface area contributed by atoms with Crippen LogP contribution in [-0.2, 0) is 36.9 Å². The topological polar surface area (TPSA) is 224 Å². The summed E-state index contributed by atoms with van der Waals surface area (Å²) >= 11 is 0. The third kappa shape index (κ3) is 13.4. The molecule has 0 unspecified atom stereocenters. The number of nitrogens with two attached hydrogens (primary N) is 1. The van der Waals surface area contributed by atoms with E-state index < -0.39 is 29.9 Å². The number of para-hydroxylation sites is 1. The van der Waals surface area contributed by atoms with Crippen molar-refractivity contribution in [1.82, 2.24) is 25.8 Å². The molecular formula is C33H43N9O6. The normalized spacial score (nSPS) is 11.2. The van der Waals surface area contributed by atoms with Gasteiger partial charge in [0.15, 0.2) is 0 Å². The van der Waals surface area contributed by atoms with Crippen LogP contribution < -0.4 is 21.7 Å². The number of fused-ring (bicyclic) bond motifs is 1. The molecule has 0 radical (unpaired) electrons. The molecule has 1 atom stereocenters. The summed E-state index contributed by atoms with van der Waals surface area (Å²) in [6, 6.07) is 15.7. The highest BCUT2D eigenvalue weighted by atomic mass is 16.6. The molecule has 1 aromatic heterocycles. The van der Waals surface area contributed by atoms with E-state index in [4.69, 9.17) is 16.0 Å². The van der Waals surface area contributed by atoms with Crippen LogP contribution in [0.3, 0.4) is 0 Å². The van der Waals surface area contributed by atoms with Gasteiger partial charge in [0.25, 0.3) is 0 Å². The lowest BCUT2D eigenvalue weighted by Gasteiger charge is -2.21. The Balaban J connectivity index is 1.33. The van der Waals surface area contributed by atoms with E-state index in [1.807, 2.05) is 54.6 Å². The van der Waals surface area contributed by atoms with E-state index in [0.29, 0.717) is 38.8 Å². The van der Waals surface area contributed by atoms with Gasteiger partial charge in [-0.05, 0) is 48.4 Å². The van der Waals surface area contributed by atoms with Gasteiger partial charge in [-0.15, -0.1) is 0 Å². The molecule has 6 N–H and O–H groups in total. The van der Waals surface area contributed by atoms with E-state index in [2.05, 4.69) is 31.0 Å². The predicted molar refractivity (Wildman–Crippen MR) is 179 cm³/mol. The lowest BCUT2D eigenvalue weighted by Crippen LogP contribution is -2.49. The predicted octanol–water partition coefficient (Wildman–Crippen LogP) is 3.20. The van der Waals surface area contributed by atoms with Crippen molar-refractivity contribution in [3.63, 3.8) is 0 Å². The minimum Gasteiger partial charge on any atom is -0.445 e. The first-order valence-corrected chi connectivity index (χ1v) is 15.9. The summed E-state index contributed by atoms with van der Waals surface area (Å²) < 4.78 is 5.40. The molecule has 3 aromatic rings. The zero-order valence-corrected chi connectivity index (χ0v) is 26.9. The van der Waals surface area contributed by atoms with Crippen LogP contribution in [0.4, 0.5) is 4.79 Å². The molecule has 0 saturated carbocycles. The van der Waals surface area contributed by atoms with Gasteiger partial charge in [-0.25, -0.2) is 4.79 Å². The maximum Gasteiger partial charge on any atom is 0.410 e. The lowest BCUT2D eigenvalue weighted by molar-refractivity contribution is -0.131. The number of unbranched alkanes of at least 4 members (excludes halogenated alkanes) is 2. The molecule has 0 bridgehead atoms. The van der Waals surface area contributed by atoms with Crippen LogP contribution in [0, 0.1) is 0 Å². The van der Waals surface area contributed by atoms with Crippen LogP contribution in [0.5, 0.6) is 0 Å². The summed E-state index contributed by atoms with van der Waals surface area (Å²) in [5.41, 5.74) is 16.3. The number of aromatic nitrogens is 1. The highest BCUT2D eigenvalue weighted by Crippen LogP contribution is 2.18. The fraction of sp³-hybridized carbons (Fsp3) is 0.424. The Bertz CT molecular complexity index is 1560. The molecule has 1 heterocycles. The van der Waals surface area contributed by atoms with Crippen molar-refractivity contribution in [3.8, 4) is 0 Å². The Kier molecular flexibility index (Phi) is 15.8. The van der Waals surface area contributed by atoms with Crippen LogP contribution in [0.1, 0.15) is 49.7 Å². The van der Waals surface area contributed by atoms with Gasteiger partial charge in [-0.3, -0.25) is 19.2 Å². The molecule has 0 saturated heterocycles. The van der Waals surface area contributed by atoms with Gasteiger partial charge in [0.2, 0.25) is 23.6 Å². The molecule has 0 fully saturated rings. The van der Waals surface area contributed by atoms with Gasteiger partial charge in [-0.1, -0.05) is 53.6 Å². The van der Waals surface area contributed by atoms with Crippen LogP contribution in [0.15, 0.2) is 65.9 Å². The van der Waals surface area contributed by atoms with Gasteiger partial charge in [0, 0.05) is 61.2 Å². The molecule has 256 valence electrons. The summed E-state index contributed by atoms with van der Waals surface area (Å²) in [6.45, 7) is 1.47. The molecule has 15 nitrogen and oxygen atoms in total. The van der Waals surface area contributed by atoms with E-state index >= 15 is 0 Å². The van der Waals surface area contributed by atoms with Gasteiger partial charge in [0.05, 0.1) is 12.8 Å². The van der Waals surface area contributed by atoms with Gasteiger partial charge < -0.3 is 36.3 Å². The van der Waals surface area contributed by atoms with Crippen LogP contribution in [0.25, 0.3) is 21.3 Å². The number of hydrogen-bond donors (Lipinski definition) is 5.